The first-order valence-corrected chi connectivity index (χ1v) is 6.97. The summed E-state index contributed by atoms with van der Waals surface area (Å²) in [5, 5.41) is 2.25. The number of hydrogen-bond donors (Lipinski definition) is 1. The van der Waals surface area contributed by atoms with Gasteiger partial charge in [-0.1, -0.05) is 29.8 Å². The Bertz CT molecular complexity index is 561. The largest absolute Gasteiger partial charge is 0.443 e. The zero-order valence-electron chi connectivity index (χ0n) is 11.2. The van der Waals surface area contributed by atoms with E-state index in [1.807, 2.05) is 31.2 Å². The molecule has 1 N–H and O–H groups in total. The van der Waals surface area contributed by atoms with E-state index in [4.69, 9.17) is 0 Å². The SMILES string of the molecule is CNC(Cc1ccc(C)cc1)c1cnc(C(F)(F)F)s1. The predicted molar refractivity (Wildman–Crippen MR) is 73.8 cm³/mol. The minimum Gasteiger partial charge on any atom is -0.312 e. The number of hydrogen-bond acceptors (Lipinski definition) is 3. The van der Waals surface area contributed by atoms with E-state index in [1.54, 1.807) is 7.05 Å². The van der Waals surface area contributed by atoms with E-state index in [-0.39, 0.29) is 6.04 Å². The van der Waals surface area contributed by atoms with Crippen molar-refractivity contribution in [1.82, 2.24) is 10.3 Å². The summed E-state index contributed by atoms with van der Waals surface area (Å²) in [6, 6.07) is 7.81. The molecule has 0 fully saturated rings. The predicted octanol–water partition coefficient (Wildman–Crippen LogP) is 3.97. The molecule has 2 aromatic rings. The summed E-state index contributed by atoms with van der Waals surface area (Å²) < 4.78 is 37.7. The Kier molecular flexibility index (Phi) is 4.45. The van der Waals surface area contributed by atoms with E-state index in [9.17, 15) is 13.2 Å². The summed E-state index contributed by atoms with van der Waals surface area (Å²) in [6.07, 6.45) is -2.43. The van der Waals surface area contributed by atoms with Crippen LogP contribution in [-0.4, -0.2) is 12.0 Å². The summed E-state index contributed by atoms with van der Waals surface area (Å²) in [6.45, 7) is 2.00. The van der Waals surface area contributed by atoms with Crippen molar-refractivity contribution in [3.63, 3.8) is 0 Å². The number of thiazole rings is 1. The molecule has 0 saturated heterocycles. The van der Waals surface area contributed by atoms with Crippen LogP contribution >= 0.6 is 11.3 Å². The van der Waals surface area contributed by atoms with Gasteiger partial charge in [0.15, 0.2) is 5.01 Å². The summed E-state index contributed by atoms with van der Waals surface area (Å²) in [5.41, 5.74) is 2.24. The Morgan fingerprint density at radius 2 is 1.90 bits per heavy atom. The minimum absolute atomic E-state index is 0.161. The first-order valence-electron chi connectivity index (χ1n) is 6.16. The van der Waals surface area contributed by atoms with Crippen LogP contribution in [0.1, 0.15) is 27.1 Å². The molecule has 0 aliphatic rings. The Labute approximate surface area is 119 Å². The zero-order chi connectivity index (χ0) is 14.8. The number of aromatic nitrogens is 1. The number of rotatable bonds is 4. The second-order valence-electron chi connectivity index (χ2n) is 4.60. The average molecular weight is 300 g/mol. The molecular weight excluding hydrogens is 285 g/mol. The van der Waals surface area contributed by atoms with Crippen LogP contribution in [0.15, 0.2) is 30.5 Å². The fraction of sp³-hybridized carbons (Fsp3) is 0.357. The number of nitrogens with zero attached hydrogens (tertiary/aromatic N) is 1. The highest BCUT2D eigenvalue weighted by Gasteiger charge is 2.35. The lowest BCUT2D eigenvalue weighted by Crippen LogP contribution is -2.17. The molecule has 0 aliphatic heterocycles. The second kappa shape index (κ2) is 5.93. The summed E-state index contributed by atoms with van der Waals surface area (Å²) in [7, 11) is 1.74. The van der Waals surface area contributed by atoms with Crippen LogP contribution in [0.3, 0.4) is 0 Å². The van der Waals surface area contributed by atoms with Gasteiger partial charge < -0.3 is 5.32 Å². The zero-order valence-corrected chi connectivity index (χ0v) is 12.0. The van der Waals surface area contributed by atoms with Crippen LogP contribution in [0.25, 0.3) is 0 Å². The third-order valence-electron chi connectivity index (χ3n) is 3.02. The second-order valence-corrected chi connectivity index (χ2v) is 5.66. The van der Waals surface area contributed by atoms with Crippen molar-refractivity contribution in [2.24, 2.45) is 0 Å². The molecule has 0 aliphatic carbocycles. The maximum Gasteiger partial charge on any atom is 0.443 e. The summed E-state index contributed by atoms with van der Waals surface area (Å²) in [4.78, 5) is 4.06. The van der Waals surface area contributed by atoms with Gasteiger partial charge in [0.05, 0.1) is 0 Å². The maximum absolute atomic E-state index is 12.6. The van der Waals surface area contributed by atoms with Crippen LogP contribution in [0.4, 0.5) is 13.2 Å². The molecule has 2 nitrogen and oxygen atoms in total. The van der Waals surface area contributed by atoms with Crippen molar-refractivity contribution in [1.29, 1.82) is 0 Å². The first kappa shape index (κ1) is 15.0. The number of halogens is 3. The van der Waals surface area contributed by atoms with Gasteiger partial charge in [-0.2, -0.15) is 13.2 Å². The topological polar surface area (TPSA) is 24.9 Å². The molecular formula is C14H15F3N2S. The molecule has 0 bridgehead atoms. The van der Waals surface area contributed by atoms with Gasteiger partial charge in [0.2, 0.25) is 0 Å². The third-order valence-corrected chi connectivity index (χ3v) is 4.17. The molecule has 0 radical (unpaired) electrons. The molecule has 108 valence electrons. The van der Waals surface area contributed by atoms with Gasteiger partial charge in [-0.05, 0) is 26.0 Å². The van der Waals surface area contributed by atoms with Crippen molar-refractivity contribution < 1.29 is 13.2 Å². The Hall–Kier alpha value is -1.40. The lowest BCUT2D eigenvalue weighted by molar-refractivity contribution is -0.137. The van der Waals surface area contributed by atoms with Crippen molar-refractivity contribution in [3.8, 4) is 0 Å². The van der Waals surface area contributed by atoms with Crippen molar-refractivity contribution in [2.75, 3.05) is 7.05 Å². The molecule has 1 aromatic carbocycles. The highest BCUT2D eigenvalue weighted by atomic mass is 32.1. The molecule has 1 unspecified atom stereocenters. The molecule has 2 rings (SSSR count). The van der Waals surface area contributed by atoms with E-state index in [1.165, 1.54) is 6.20 Å². The molecule has 0 amide bonds. The van der Waals surface area contributed by atoms with Gasteiger partial charge in [0, 0.05) is 17.1 Å². The number of alkyl halides is 3. The van der Waals surface area contributed by atoms with E-state index in [0.29, 0.717) is 22.6 Å². The quantitative estimate of drug-likeness (QED) is 0.924. The van der Waals surface area contributed by atoms with Crippen molar-refractivity contribution in [3.05, 3.63) is 51.5 Å². The Morgan fingerprint density at radius 1 is 1.25 bits per heavy atom. The molecule has 1 aromatic heterocycles. The van der Waals surface area contributed by atoms with Crippen LogP contribution in [0.5, 0.6) is 0 Å². The normalized spacial score (nSPS) is 13.4. The number of aryl methyl sites for hydroxylation is 1. The number of likely N-dealkylation sites (N-methyl/N-ethyl adjacent to an activating group) is 1. The Balaban J connectivity index is 2.16. The van der Waals surface area contributed by atoms with Gasteiger partial charge in [-0.15, -0.1) is 11.3 Å². The van der Waals surface area contributed by atoms with Gasteiger partial charge in [0.25, 0.3) is 0 Å². The highest BCUT2D eigenvalue weighted by Crippen LogP contribution is 2.34. The minimum atomic E-state index is -4.37. The number of nitrogens with one attached hydrogen (secondary N) is 1. The van der Waals surface area contributed by atoms with E-state index in [2.05, 4.69) is 10.3 Å². The molecule has 0 saturated carbocycles. The summed E-state index contributed by atoms with van der Waals surface area (Å²) >= 11 is 0.696. The van der Waals surface area contributed by atoms with Crippen LogP contribution in [0.2, 0.25) is 0 Å². The van der Waals surface area contributed by atoms with Crippen LogP contribution < -0.4 is 5.32 Å². The monoisotopic (exact) mass is 300 g/mol. The van der Waals surface area contributed by atoms with Crippen LogP contribution in [0, 0.1) is 6.92 Å². The fourth-order valence-electron chi connectivity index (χ4n) is 1.88. The van der Waals surface area contributed by atoms with Crippen molar-refractivity contribution >= 4 is 11.3 Å². The summed E-state index contributed by atoms with van der Waals surface area (Å²) in [5.74, 6) is 0. The first-order chi connectivity index (χ1) is 9.40. The smallest absolute Gasteiger partial charge is 0.312 e. The molecule has 1 atom stereocenters. The molecule has 20 heavy (non-hydrogen) atoms. The standard InChI is InChI=1S/C14H15F3N2S/c1-9-3-5-10(6-4-9)7-11(18-2)12-8-19-13(20-12)14(15,16)17/h3-6,8,11,18H,7H2,1-2H3. The Morgan fingerprint density at radius 3 is 2.40 bits per heavy atom. The highest BCUT2D eigenvalue weighted by molar-refractivity contribution is 7.11. The van der Waals surface area contributed by atoms with E-state index < -0.39 is 11.2 Å². The number of benzene rings is 1. The fourth-order valence-corrected chi connectivity index (χ4v) is 2.78. The van der Waals surface area contributed by atoms with Gasteiger partial charge in [-0.25, -0.2) is 4.98 Å². The van der Waals surface area contributed by atoms with Gasteiger partial charge in [0.1, 0.15) is 0 Å². The molecule has 6 heteroatoms. The molecule has 1 heterocycles. The average Bonchev–Trinajstić information content (AvgIpc) is 2.87. The maximum atomic E-state index is 12.6. The van der Waals surface area contributed by atoms with Crippen LogP contribution in [-0.2, 0) is 12.6 Å². The van der Waals surface area contributed by atoms with E-state index >= 15 is 0 Å². The van der Waals surface area contributed by atoms with Gasteiger partial charge in [-0.3, -0.25) is 0 Å². The lowest BCUT2D eigenvalue weighted by Gasteiger charge is -2.14. The van der Waals surface area contributed by atoms with E-state index in [0.717, 1.165) is 11.1 Å². The van der Waals surface area contributed by atoms with Crippen molar-refractivity contribution in [2.45, 2.75) is 25.6 Å². The molecule has 0 spiro atoms. The van der Waals surface area contributed by atoms with Gasteiger partial charge >= 0.3 is 6.18 Å². The third kappa shape index (κ3) is 3.58. The lowest BCUT2D eigenvalue weighted by atomic mass is 10.0.